The normalized spacial score (nSPS) is 40.6. The maximum Gasteiger partial charge on any atom is 0.0786 e. The van der Waals surface area contributed by atoms with Crippen LogP contribution in [0, 0.1) is 0 Å². The van der Waals surface area contributed by atoms with Crippen molar-refractivity contribution in [2.45, 2.75) is 56.2 Å². The molecule has 76 valence electrons. The summed E-state index contributed by atoms with van der Waals surface area (Å²) in [5, 5.41) is 13.5. The predicted molar refractivity (Wildman–Crippen MR) is 52.4 cm³/mol. The summed E-state index contributed by atoms with van der Waals surface area (Å²) in [5.74, 6) is 0. The maximum atomic E-state index is 10.1. The first-order chi connectivity index (χ1) is 6.18. The van der Waals surface area contributed by atoms with Crippen LogP contribution in [0.15, 0.2) is 0 Å². The van der Waals surface area contributed by atoms with E-state index in [0.29, 0.717) is 6.04 Å². The van der Waals surface area contributed by atoms with Gasteiger partial charge in [0.05, 0.1) is 5.60 Å². The second kappa shape index (κ2) is 3.56. The highest BCUT2D eigenvalue weighted by molar-refractivity contribution is 4.94. The summed E-state index contributed by atoms with van der Waals surface area (Å²) in [5.41, 5.74) is 5.27. The molecule has 2 fully saturated rings. The molecule has 2 saturated carbocycles. The predicted octanol–water partition coefficient (Wildman–Crippen LogP) is 0.371. The average molecular weight is 184 g/mol. The van der Waals surface area contributed by atoms with Gasteiger partial charge in [0.15, 0.2) is 0 Å². The molecule has 2 rings (SSSR count). The Bertz CT molecular complexity index is 182. The van der Waals surface area contributed by atoms with Crippen LogP contribution < -0.4 is 11.1 Å². The fraction of sp³-hybridized carbons (Fsp3) is 1.00. The third-order valence-corrected chi connectivity index (χ3v) is 3.45. The SMILES string of the molecule is NC1CCC(O)(CNC2CCC2)C1. The quantitative estimate of drug-likeness (QED) is 0.594. The van der Waals surface area contributed by atoms with E-state index in [2.05, 4.69) is 5.32 Å². The molecule has 2 unspecified atom stereocenters. The Hall–Kier alpha value is -0.120. The summed E-state index contributed by atoms with van der Waals surface area (Å²) in [6.07, 6.45) is 6.52. The molecule has 2 atom stereocenters. The van der Waals surface area contributed by atoms with Crippen LogP contribution in [-0.4, -0.2) is 29.3 Å². The number of hydrogen-bond donors (Lipinski definition) is 3. The van der Waals surface area contributed by atoms with Crippen molar-refractivity contribution in [3.05, 3.63) is 0 Å². The third kappa shape index (κ3) is 2.22. The molecule has 4 N–H and O–H groups in total. The molecule has 0 radical (unpaired) electrons. The van der Waals surface area contributed by atoms with Gasteiger partial charge in [0, 0.05) is 18.6 Å². The minimum absolute atomic E-state index is 0.216. The van der Waals surface area contributed by atoms with Crippen molar-refractivity contribution in [3.8, 4) is 0 Å². The Morgan fingerprint density at radius 3 is 2.62 bits per heavy atom. The monoisotopic (exact) mass is 184 g/mol. The number of nitrogens with one attached hydrogen (secondary N) is 1. The summed E-state index contributed by atoms with van der Waals surface area (Å²) < 4.78 is 0. The zero-order valence-electron chi connectivity index (χ0n) is 8.13. The van der Waals surface area contributed by atoms with Gasteiger partial charge >= 0.3 is 0 Å². The standard InChI is InChI=1S/C10H20N2O/c11-8-4-5-10(13,6-8)7-12-9-2-1-3-9/h8-9,12-13H,1-7,11H2. The van der Waals surface area contributed by atoms with Crippen LogP contribution in [0.5, 0.6) is 0 Å². The number of aliphatic hydroxyl groups is 1. The molecule has 0 heterocycles. The number of rotatable bonds is 3. The lowest BCUT2D eigenvalue weighted by Gasteiger charge is -2.31. The van der Waals surface area contributed by atoms with Crippen molar-refractivity contribution >= 4 is 0 Å². The van der Waals surface area contributed by atoms with E-state index in [-0.39, 0.29) is 6.04 Å². The van der Waals surface area contributed by atoms with Crippen molar-refractivity contribution in [1.82, 2.24) is 5.32 Å². The van der Waals surface area contributed by atoms with Gasteiger partial charge in [-0.15, -0.1) is 0 Å². The number of nitrogens with two attached hydrogens (primary N) is 1. The van der Waals surface area contributed by atoms with Crippen LogP contribution in [-0.2, 0) is 0 Å². The van der Waals surface area contributed by atoms with E-state index in [4.69, 9.17) is 5.73 Å². The summed E-state index contributed by atoms with van der Waals surface area (Å²) >= 11 is 0. The second-order valence-electron chi connectivity index (χ2n) is 4.74. The lowest BCUT2D eigenvalue weighted by Crippen LogP contribution is -2.45. The van der Waals surface area contributed by atoms with Crippen LogP contribution in [0.2, 0.25) is 0 Å². The van der Waals surface area contributed by atoms with Crippen LogP contribution in [0.25, 0.3) is 0 Å². The Kier molecular flexibility index (Phi) is 2.58. The average Bonchev–Trinajstić information content (AvgIpc) is 2.28. The second-order valence-corrected chi connectivity index (χ2v) is 4.74. The van der Waals surface area contributed by atoms with Gasteiger partial charge in [0.25, 0.3) is 0 Å². The van der Waals surface area contributed by atoms with Crippen LogP contribution >= 0.6 is 0 Å². The smallest absolute Gasteiger partial charge is 0.0786 e. The molecule has 0 spiro atoms. The lowest BCUT2D eigenvalue weighted by atomic mass is 9.92. The molecule has 0 aromatic heterocycles. The molecule has 3 nitrogen and oxygen atoms in total. The maximum absolute atomic E-state index is 10.1. The summed E-state index contributed by atoms with van der Waals surface area (Å²) in [6.45, 7) is 0.741. The number of hydrogen-bond acceptors (Lipinski definition) is 3. The molecule has 0 aliphatic heterocycles. The van der Waals surface area contributed by atoms with E-state index in [1.165, 1.54) is 19.3 Å². The van der Waals surface area contributed by atoms with Crippen molar-refractivity contribution in [2.24, 2.45) is 5.73 Å². The first-order valence-corrected chi connectivity index (χ1v) is 5.39. The molecule has 0 aromatic rings. The molecule has 0 bridgehead atoms. The van der Waals surface area contributed by atoms with Gasteiger partial charge in [-0.25, -0.2) is 0 Å². The van der Waals surface area contributed by atoms with Gasteiger partial charge in [0.1, 0.15) is 0 Å². The molecule has 2 aliphatic carbocycles. The lowest BCUT2D eigenvalue weighted by molar-refractivity contribution is 0.0404. The zero-order chi connectivity index (χ0) is 9.31. The highest BCUT2D eigenvalue weighted by atomic mass is 16.3. The van der Waals surface area contributed by atoms with E-state index in [9.17, 15) is 5.11 Å². The molecule has 3 heteroatoms. The highest BCUT2D eigenvalue weighted by Gasteiger charge is 2.36. The summed E-state index contributed by atoms with van der Waals surface area (Å²) in [6, 6.07) is 0.883. The van der Waals surface area contributed by atoms with E-state index in [1.54, 1.807) is 0 Å². The van der Waals surface area contributed by atoms with Crippen molar-refractivity contribution in [3.63, 3.8) is 0 Å². The summed E-state index contributed by atoms with van der Waals surface area (Å²) in [4.78, 5) is 0. The van der Waals surface area contributed by atoms with Gasteiger partial charge in [-0.2, -0.15) is 0 Å². The fourth-order valence-corrected chi connectivity index (χ4v) is 2.25. The van der Waals surface area contributed by atoms with E-state index in [1.807, 2.05) is 0 Å². The van der Waals surface area contributed by atoms with Crippen molar-refractivity contribution in [2.75, 3.05) is 6.54 Å². The zero-order valence-corrected chi connectivity index (χ0v) is 8.13. The molecule has 0 amide bonds. The van der Waals surface area contributed by atoms with Gasteiger partial charge in [-0.3, -0.25) is 0 Å². The fourth-order valence-electron chi connectivity index (χ4n) is 2.25. The van der Waals surface area contributed by atoms with Crippen molar-refractivity contribution in [1.29, 1.82) is 0 Å². The first kappa shape index (κ1) is 9.44. The highest BCUT2D eigenvalue weighted by Crippen LogP contribution is 2.29. The Morgan fingerprint density at radius 1 is 1.38 bits per heavy atom. The third-order valence-electron chi connectivity index (χ3n) is 3.45. The van der Waals surface area contributed by atoms with Crippen molar-refractivity contribution < 1.29 is 5.11 Å². The molecular formula is C10H20N2O. The minimum Gasteiger partial charge on any atom is -0.389 e. The largest absolute Gasteiger partial charge is 0.389 e. The van der Waals surface area contributed by atoms with Crippen LogP contribution in [0.1, 0.15) is 38.5 Å². The summed E-state index contributed by atoms with van der Waals surface area (Å²) in [7, 11) is 0. The Morgan fingerprint density at radius 2 is 2.15 bits per heavy atom. The molecule has 13 heavy (non-hydrogen) atoms. The Balaban J connectivity index is 1.73. The van der Waals surface area contributed by atoms with E-state index < -0.39 is 5.60 Å². The van der Waals surface area contributed by atoms with E-state index >= 15 is 0 Å². The van der Waals surface area contributed by atoms with E-state index in [0.717, 1.165) is 25.8 Å². The van der Waals surface area contributed by atoms with Crippen LogP contribution in [0.4, 0.5) is 0 Å². The topological polar surface area (TPSA) is 58.3 Å². The first-order valence-electron chi connectivity index (χ1n) is 5.39. The van der Waals surface area contributed by atoms with Gasteiger partial charge in [-0.05, 0) is 32.1 Å². The van der Waals surface area contributed by atoms with Gasteiger partial charge < -0.3 is 16.2 Å². The van der Waals surface area contributed by atoms with Gasteiger partial charge in [0.2, 0.25) is 0 Å². The van der Waals surface area contributed by atoms with Crippen LogP contribution in [0.3, 0.4) is 0 Å². The molecule has 0 aromatic carbocycles. The minimum atomic E-state index is -0.505. The Labute approximate surface area is 79.7 Å². The molecule has 2 aliphatic rings. The van der Waals surface area contributed by atoms with Gasteiger partial charge in [-0.1, -0.05) is 6.42 Å². The molecule has 0 saturated heterocycles. The molecular weight excluding hydrogens is 164 g/mol.